The molecule has 1 fully saturated rings. The van der Waals surface area contributed by atoms with Crippen LogP contribution in [-0.4, -0.2) is 48.7 Å². The number of hydrogen-bond acceptors (Lipinski definition) is 5. The Balaban J connectivity index is 1.59. The Morgan fingerprint density at radius 2 is 1.76 bits per heavy atom. The fourth-order valence-electron chi connectivity index (χ4n) is 3.89. The van der Waals surface area contributed by atoms with Gasteiger partial charge in [-0.1, -0.05) is 25.0 Å². The number of carbonyl (C=O) groups excluding carboxylic acids is 1. The molecule has 0 amide bonds. The topological polar surface area (TPSA) is 59.0 Å². The standard InChI is InChI=1S/C24H31NO4/c1-18(26)19-7-13-23(14-8-19)29-17-21(27)16-25-15-5-3-4-6-24(25)20-9-11-22(28-2)12-10-20/h7-14,21,24,27H,3-6,15-17H2,1-2H3/t21-,24+/m1/s1. The highest BCUT2D eigenvalue weighted by atomic mass is 16.5. The molecule has 0 unspecified atom stereocenters. The molecule has 156 valence electrons. The SMILES string of the molecule is COc1ccc([C@@H]2CCCCCN2C[C@@H](O)COc2ccc(C(C)=O)cc2)cc1. The fourth-order valence-corrected chi connectivity index (χ4v) is 3.89. The van der Waals surface area contributed by atoms with Gasteiger partial charge in [0.25, 0.3) is 0 Å². The van der Waals surface area contributed by atoms with Crippen molar-refractivity contribution in [3.63, 3.8) is 0 Å². The summed E-state index contributed by atoms with van der Waals surface area (Å²) in [6, 6.07) is 15.6. The number of hydrogen-bond donors (Lipinski definition) is 1. The molecule has 1 aliphatic rings. The average Bonchev–Trinajstić information content (AvgIpc) is 2.98. The summed E-state index contributed by atoms with van der Waals surface area (Å²) in [5.41, 5.74) is 1.92. The number of methoxy groups -OCH3 is 1. The molecule has 1 saturated heterocycles. The monoisotopic (exact) mass is 397 g/mol. The van der Waals surface area contributed by atoms with E-state index in [-0.39, 0.29) is 12.4 Å². The van der Waals surface area contributed by atoms with Gasteiger partial charge in [-0.15, -0.1) is 0 Å². The van der Waals surface area contributed by atoms with Gasteiger partial charge < -0.3 is 14.6 Å². The van der Waals surface area contributed by atoms with Crippen molar-refractivity contribution < 1.29 is 19.4 Å². The number of Topliss-reactive ketones (excluding diaryl/α,β-unsaturated/α-hetero) is 1. The van der Waals surface area contributed by atoms with Crippen LogP contribution in [0.25, 0.3) is 0 Å². The normalized spacial score (nSPS) is 18.7. The minimum Gasteiger partial charge on any atom is -0.497 e. The molecule has 1 heterocycles. The van der Waals surface area contributed by atoms with Gasteiger partial charge in [0, 0.05) is 18.2 Å². The zero-order valence-corrected chi connectivity index (χ0v) is 17.3. The quantitative estimate of drug-likeness (QED) is 0.675. The minimum absolute atomic E-state index is 0.0299. The Hall–Kier alpha value is -2.37. The Morgan fingerprint density at radius 3 is 2.41 bits per heavy atom. The van der Waals surface area contributed by atoms with E-state index >= 15 is 0 Å². The van der Waals surface area contributed by atoms with Gasteiger partial charge in [0.05, 0.1) is 7.11 Å². The lowest BCUT2D eigenvalue weighted by atomic mass is 10.0. The number of ether oxygens (including phenoxy) is 2. The molecule has 0 spiro atoms. The van der Waals surface area contributed by atoms with Crippen molar-refractivity contribution in [2.75, 3.05) is 26.8 Å². The van der Waals surface area contributed by atoms with Crippen LogP contribution in [0, 0.1) is 0 Å². The Kier molecular flexibility index (Phi) is 7.67. The summed E-state index contributed by atoms with van der Waals surface area (Å²) >= 11 is 0. The molecule has 2 atom stereocenters. The number of carbonyl (C=O) groups is 1. The number of rotatable bonds is 8. The molecule has 3 rings (SSSR count). The minimum atomic E-state index is -0.582. The predicted molar refractivity (Wildman–Crippen MR) is 114 cm³/mol. The van der Waals surface area contributed by atoms with E-state index in [0.717, 1.165) is 25.1 Å². The molecule has 2 aromatic rings. The number of β-amino-alcohol motifs (C(OH)–C–C–N with tert-alkyl or cyclic N) is 1. The molecule has 1 aliphatic heterocycles. The first-order valence-electron chi connectivity index (χ1n) is 10.4. The number of aliphatic hydroxyl groups is 1. The van der Waals surface area contributed by atoms with Crippen LogP contribution in [-0.2, 0) is 0 Å². The smallest absolute Gasteiger partial charge is 0.159 e. The van der Waals surface area contributed by atoms with E-state index in [1.165, 1.54) is 18.4 Å². The van der Waals surface area contributed by atoms with Crippen LogP contribution in [0.3, 0.4) is 0 Å². The Morgan fingerprint density at radius 1 is 1.07 bits per heavy atom. The van der Waals surface area contributed by atoms with Crippen LogP contribution in [0.4, 0.5) is 0 Å². The van der Waals surface area contributed by atoms with Gasteiger partial charge in [0.2, 0.25) is 0 Å². The molecule has 0 saturated carbocycles. The number of aliphatic hydroxyl groups excluding tert-OH is 1. The highest BCUT2D eigenvalue weighted by Crippen LogP contribution is 2.31. The molecular formula is C24H31NO4. The van der Waals surface area contributed by atoms with E-state index in [4.69, 9.17) is 9.47 Å². The third-order valence-electron chi connectivity index (χ3n) is 5.51. The molecule has 0 aliphatic carbocycles. The highest BCUT2D eigenvalue weighted by Gasteiger charge is 2.24. The van der Waals surface area contributed by atoms with Crippen LogP contribution in [0.1, 0.15) is 54.6 Å². The van der Waals surface area contributed by atoms with Gasteiger partial charge in [-0.3, -0.25) is 9.69 Å². The third-order valence-corrected chi connectivity index (χ3v) is 5.51. The second-order valence-corrected chi connectivity index (χ2v) is 7.68. The maximum atomic E-state index is 11.4. The summed E-state index contributed by atoms with van der Waals surface area (Å²) in [6.07, 6.45) is 4.07. The Bertz CT molecular complexity index is 772. The van der Waals surface area contributed by atoms with Gasteiger partial charge in [0.1, 0.15) is 24.2 Å². The average molecular weight is 398 g/mol. The van der Waals surface area contributed by atoms with Crippen LogP contribution in [0.5, 0.6) is 11.5 Å². The van der Waals surface area contributed by atoms with Crippen molar-refractivity contribution in [1.82, 2.24) is 4.90 Å². The summed E-state index contributed by atoms with van der Waals surface area (Å²) in [5, 5.41) is 10.6. The molecule has 5 heteroatoms. The second-order valence-electron chi connectivity index (χ2n) is 7.68. The van der Waals surface area contributed by atoms with Crippen molar-refractivity contribution in [2.24, 2.45) is 0 Å². The van der Waals surface area contributed by atoms with Crippen molar-refractivity contribution in [3.8, 4) is 11.5 Å². The van der Waals surface area contributed by atoms with Gasteiger partial charge in [-0.05, 0) is 68.3 Å². The second kappa shape index (κ2) is 10.4. The number of benzene rings is 2. The molecule has 0 aromatic heterocycles. The first-order valence-corrected chi connectivity index (χ1v) is 10.4. The van der Waals surface area contributed by atoms with Crippen molar-refractivity contribution in [3.05, 3.63) is 59.7 Å². The molecule has 1 N–H and O–H groups in total. The molecule has 0 radical (unpaired) electrons. The lowest BCUT2D eigenvalue weighted by Crippen LogP contribution is -2.38. The van der Waals surface area contributed by atoms with E-state index in [1.54, 1.807) is 38.3 Å². The van der Waals surface area contributed by atoms with Gasteiger partial charge in [-0.2, -0.15) is 0 Å². The summed E-state index contributed by atoms with van der Waals surface area (Å²) in [5.74, 6) is 1.55. The molecule has 2 aromatic carbocycles. The highest BCUT2D eigenvalue weighted by molar-refractivity contribution is 5.94. The van der Waals surface area contributed by atoms with E-state index in [2.05, 4.69) is 17.0 Å². The third kappa shape index (κ3) is 6.05. The van der Waals surface area contributed by atoms with Crippen LogP contribution in [0.15, 0.2) is 48.5 Å². The zero-order valence-electron chi connectivity index (χ0n) is 17.3. The largest absolute Gasteiger partial charge is 0.497 e. The summed E-state index contributed by atoms with van der Waals surface area (Å²) < 4.78 is 11.0. The van der Waals surface area contributed by atoms with Gasteiger partial charge in [-0.25, -0.2) is 0 Å². The fraction of sp³-hybridized carbons (Fsp3) is 0.458. The number of ketones is 1. The van der Waals surface area contributed by atoms with Crippen LogP contribution in [0.2, 0.25) is 0 Å². The summed E-state index contributed by atoms with van der Waals surface area (Å²) in [6.45, 7) is 3.31. The molecular weight excluding hydrogens is 366 g/mol. The maximum Gasteiger partial charge on any atom is 0.159 e. The lowest BCUT2D eigenvalue weighted by molar-refractivity contribution is 0.0525. The van der Waals surface area contributed by atoms with Gasteiger partial charge >= 0.3 is 0 Å². The van der Waals surface area contributed by atoms with Crippen LogP contribution < -0.4 is 9.47 Å². The van der Waals surface area contributed by atoms with E-state index < -0.39 is 6.10 Å². The number of nitrogens with zero attached hydrogens (tertiary/aromatic N) is 1. The predicted octanol–water partition coefficient (Wildman–Crippen LogP) is 4.25. The molecule has 29 heavy (non-hydrogen) atoms. The first-order chi connectivity index (χ1) is 14.1. The van der Waals surface area contributed by atoms with E-state index in [9.17, 15) is 9.90 Å². The lowest BCUT2D eigenvalue weighted by Gasteiger charge is -2.32. The summed E-state index contributed by atoms with van der Waals surface area (Å²) in [7, 11) is 1.68. The van der Waals surface area contributed by atoms with E-state index in [1.807, 2.05) is 12.1 Å². The molecule has 0 bridgehead atoms. The van der Waals surface area contributed by atoms with Gasteiger partial charge in [0.15, 0.2) is 5.78 Å². The van der Waals surface area contributed by atoms with Crippen LogP contribution >= 0.6 is 0 Å². The zero-order chi connectivity index (χ0) is 20.6. The Labute approximate surface area is 173 Å². The first kappa shape index (κ1) is 21.3. The maximum absolute atomic E-state index is 11.4. The van der Waals surface area contributed by atoms with Crippen molar-refractivity contribution in [1.29, 1.82) is 0 Å². The molecule has 5 nitrogen and oxygen atoms in total. The summed E-state index contributed by atoms with van der Waals surface area (Å²) in [4.78, 5) is 13.7. The van der Waals surface area contributed by atoms with Crippen molar-refractivity contribution in [2.45, 2.75) is 44.8 Å². The number of likely N-dealkylation sites (tertiary alicyclic amines) is 1. The van der Waals surface area contributed by atoms with Crippen molar-refractivity contribution >= 4 is 5.78 Å². The van der Waals surface area contributed by atoms with E-state index in [0.29, 0.717) is 23.9 Å².